The number of carbonyl (C=O) groups is 1. The second-order valence-corrected chi connectivity index (χ2v) is 5.86. The predicted molar refractivity (Wildman–Crippen MR) is 92.6 cm³/mol. The number of benzene rings is 1. The van der Waals surface area contributed by atoms with Crippen molar-refractivity contribution in [3.05, 3.63) is 35.4 Å². The largest absolute Gasteiger partial charge is 0.463 e. The molecule has 1 atom stereocenters. The summed E-state index contributed by atoms with van der Waals surface area (Å²) in [6.45, 7) is 3.90. The van der Waals surface area contributed by atoms with E-state index in [9.17, 15) is 18.0 Å². The number of ether oxygens (including phenoxy) is 3. The molecule has 0 aromatic heterocycles. The zero-order valence-corrected chi connectivity index (χ0v) is 15.1. The molecule has 1 fully saturated rings. The van der Waals surface area contributed by atoms with Gasteiger partial charge < -0.3 is 14.2 Å². The molecular weight excluding hydrogens is 365 g/mol. The number of aliphatic imine (C=N–C) groups is 1. The minimum Gasteiger partial charge on any atom is -0.463 e. The summed E-state index contributed by atoms with van der Waals surface area (Å²) in [7, 11) is 0. The monoisotopic (exact) mass is 388 g/mol. The van der Waals surface area contributed by atoms with Crippen LogP contribution in [0.1, 0.15) is 35.7 Å². The Morgan fingerprint density at radius 3 is 2.63 bits per heavy atom. The van der Waals surface area contributed by atoms with Crippen molar-refractivity contribution in [2.75, 3.05) is 33.0 Å². The Bertz CT molecular complexity index is 626. The van der Waals surface area contributed by atoms with Gasteiger partial charge in [-0.15, -0.1) is 0 Å². The van der Waals surface area contributed by atoms with Crippen molar-refractivity contribution in [3.8, 4) is 0 Å². The molecule has 1 unspecified atom stereocenters. The van der Waals surface area contributed by atoms with Gasteiger partial charge in [-0.1, -0.05) is 0 Å². The third kappa shape index (κ3) is 7.18. The fourth-order valence-electron chi connectivity index (χ4n) is 2.42. The molecule has 1 amide bonds. The molecule has 1 heterocycles. The van der Waals surface area contributed by atoms with Gasteiger partial charge in [-0.05, 0) is 44.0 Å². The second-order valence-electron chi connectivity index (χ2n) is 5.86. The summed E-state index contributed by atoms with van der Waals surface area (Å²) >= 11 is 0. The van der Waals surface area contributed by atoms with E-state index in [2.05, 4.69) is 10.3 Å². The molecule has 0 bridgehead atoms. The Balaban J connectivity index is 1.98. The second kappa shape index (κ2) is 10.3. The number of halogens is 3. The Labute approximate surface area is 155 Å². The van der Waals surface area contributed by atoms with Gasteiger partial charge >= 0.3 is 6.18 Å². The van der Waals surface area contributed by atoms with Gasteiger partial charge in [-0.2, -0.15) is 13.2 Å². The van der Waals surface area contributed by atoms with E-state index in [-0.39, 0.29) is 24.3 Å². The van der Waals surface area contributed by atoms with Crippen LogP contribution in [0.25, 0.3) is 0 Å². The lowest BCUT2D eigenvalue weighted by atomic mass is 10.1. The van der Waals surface area contributed by atoms with Crippen molar-refractivity contribution >= 4 is 11.9 Å². The van der Waals surface area contributed by atoms with Crippen LogP contribution in [0.3, 0.4) is 0 Å². The van der Waals surface area contributed by atoms with Crippen LogP contribution < -0.4 is 5.32 Å². The molecular formula is C18H23F3N2O4. The molecule has 27 heavy (non-hydrogen) atoms. The number of nitrogens with zero attached hydrogens (tertiary/aromatic N) is 1. The molecule has 0 spiro atoms. The van der Waals surface area contributed by atoms with Crippen LogP contribution in [0.4, 0.5) is 13.2 Å². The smallest absolute Gasteiger partial charge is 0.416 e. The standard InChI is InChI=1S/C18H23F3N2O4/c1-2-25-10-11-27-17(22-12-15-4-3-9-26-15)23-16(24)13-5-7-14(8-6-13)18(19,20)21/h5-8,15H,2-4,9-12H2,1H3,(H,22,23,24). The van der Waals surface area contributed by atoms with Crippen LogP contribution >= 0.6 is 0 Å². The Morgan fingerprint density at radius 1 is 1.30 bits per heavy atom. The highest BCUT2D eigenvalue weighted by atomic mass is 19.4. The van der Waals surface area contributed by atoms with Gasteiger partial charge in [0.05, 0.1) is 24.8 Å². The van der Waals surface area contributed by atoms with E-state index < -0.39 is 17.6 Å². The number of carbonyl (C=O) groups excluding carboxylic acids is 1. The highest BCUT2D eigenvalue weighted by Gasteiger charge is 2.30. The van der Waals surface area contributed by atoms with Crippen LogP contribution in [-0.2, 0) is 20.4 Å². The summed E-state index contributed by atoms with van der Waals surface area (Å²) in [6, 6.07) is 3.92. The summed E-state index contributed by atoms with van der Waals surface area (Å²) in [5, 5.41) is 2.49. The Hall–Kier alpha value is -2.13. The number of alkyl halides is 3. The summed E-state index contributed by atoms with van der Waals surface area (Å²) in [4.78, 5) is 16.5. The highest BCUT2D eigenvalue weighted by molar-refractivity contribution is 6.04. The SMILES string of the molecule is CCOCCOC(=NCC1CCCO1)NC(=O)c1ccc(C(F)(F)F)cc1. The summed E-state index contributed by atoms with van der Waals surface area (Å²) in [5.74, 6) is -0.605. The highest BCUT2D eigenvalue weighted by Crippen LogP contribution is 2.29. The number of nitrogens with one attached hydrogen (secondary N) is 1. The molecule has 0 saturated carbocycles. The minimum atomic E-state index is -4.45. The fourth-order valence-corrected chi connectivity index (χ4v) is 2.42. The van der Waals surface area contributed by atoms with Gasteiger partial charge in [0.15, 0.2) is 0 Å². The molecule has 6 nitrogen and oxygen atoms in total. The first-order chi connectivity index (χ1) is 12.9. The average molecular weight is 388 g/mol. The molecule has 1 aliphatic heterocycles. The first-order valence-electron chi connectivity index (χ1n) is 8.75. The first kappa shape index (κ1) is 21.2. The van der Waals surface area contributed by atoms with E-state index in [0.29, 0.717) is 26.4 Å². The topological polar surface area (TPSA) is 69.2 Å². The van der Waals surface area contributed by atoms with E-state index in [1.54, 1.807) is 0 Å². The zero-order valence-electron chi connectivity index (χ0n) is 15.1. The van der Waals surface area contributed by atoms with E-state index in [4.69, 9.17) is 14.2 Å². The van der Waals surface area contributed by atoms with Crippen molar-refractivity contribution < 1.29 is 32.2 Å². The number of amides is 1. The molecule has 9 heteroatoms. The Morgan fingerprint density at radius 2 is 2.04 bits per heavy atom. The van der Waals surface area contributed by atoms with E-state index in [1.807, 2.05) is 6.92 Å². The van der Waals surface area contributed by atoms with Gasteiger partial charge in [-0.3, -0.25) is 10.1 Å². The number of hydrogen-bond acceptors (Lipinski definition) is 5. The van der Waals surface area contributed by atoms with Crippen LogP contribution in [0.5, 0.6) is 0 Å². The van der Waals surface area contributed by atoms with Crippen LogP contribution in [0.15, 0.2) is 29.3 Å². The lowest BCUT2D eigenvalue weighted by Crippen LogP contribution is -2.34. The maximum Gasteiger partial charge on any atom is 0.416 e. The molecule has 0 radical (unpaired) electrons. The van der Waals surface area contributed by atoms with E-state index >= 15 is 0 Å². The molecule has 150 valence electrons. The fraction of sp³-hybridized carbons (Fsp3) is 0.556. The number of hydrogen-bond donors (Lipinski definition) is 1. The van der Waals surface area contributed by atoms with Crippen molar-refractivity contribution in [1.82, 2.24) is 5.32 Å². The Kier molecular flexibility index (Phi) is 8.05. The number of rotatable bonds is 7. The molecule has 1 aromatic carbocycles. The van der Waals surface area contributed by atoms with E-state index in [1.165, 1.54) is 0 Å². The van der Waals surface area contributed by atoms with Gasteiger partial charge in [-0.25, -0.2) is 4.99 Å². The van der Waals surface area contributed by atoms with Crippen molar-refractivity contribution in [3.63, 3.8) is 0 Å². The van der Waals surface area contributed by atoms with Gasteiger partial charge in [0.25, 0.3) is 11.9 Å². The third-order valence-corrected chi connectivity index (χ3v) is 3.83. The van der Waals surface area contributed by atoms with Gasteiger partial charge in [0.1, 0.15) is 6.61 Å². The van der Waals surface area contributed by atoms with Crippen LogP contribution in [0, 0.1) is 0 Å². The predicted octanol–water partition coefficient (Wildman–Crippen LogP) is 3.02. The quantitative estimate of drug-likeness (QED) is 0.443. The van der Waals surface area contributed by atoms with Crippen molar-refractivity contribution in [2.24, 2.45) is 4.99 Å². The van der Waals surface area contributed by atoms with Crippen molar-refractivity contribution in [1.29, 1.82) is 0 Å². The average Bonchev–Trinajstić information content (AvgIpc) is 3.16. The lowest BCUT2D eigenvalue weighted by Gasteiger charge is -2.13. The zero-order chi connectivity index (χ0) is 19.7. The van der Waals surface area contributed by atoms with E-state index in [0.717, 1.165) is 37.1 Å². The normalized spacial score (nSPS) is 17.8. The first-order valence-corrected chi connectivity index (χ1v) is 8.75. The van der Waals surface area contributed by atoms with Gasteiger partial charge in [0, 0.05) is 18.8 Å². The molecule has 1 aromatic rings. The molecule has 1 N–H and O–H groups in total. The number of amidine groups is 1. The summed E-state index contributed by atoms with van der Waals surface area (Å²) in [6.07, 6.45) is -2.65. The molecule has 1 saturated heterocycles. The molecule has 1 aliphatic rings. The summed E-state index contributed by atoms with van der Waals surface area (Å²) in [5.41, 5.74) is -0.750. The maximum absolute atomic E-state index is 12.6. The lowest BCUT2D eigenvalue weighted by molar-refractivity contribution is -0.137. The van der Waals surface area contributed by atoms with Crippen molar-refractivity contribution in [2.45, 2.75) is 32.0 Å². The summed E-state index contributed by atoms with van der Waals surface area (Å²) < 4.78 is 53.9. The van der Waals surface area contributed by atoms with Crippen LogP contribution in [0.2, 0.25) is 0 Å². The van der Waals surface area contributed by atoms with Gasteiger partial charge in [0.2, 0.25) is 0 Å². The maximum atomic E-state index is 12.6. The minimum absolute atomic E-state index is 0.00454. The molecule has 0 aliphatic carbocycles. The molecule has 2 rings (SSSR count). The van der Waals surface area contributed by atoms with Crippen LogP contribution in [-0.4, -0.2) is 51.0 Å². The third-order valence-electron chi connectivity index (χ3n) is 3.83.